The largest absolute Gasteiger partial charge is 0.497 e. The van der Waals surface area contributed by atoms with Crippen molar-refractivity contribution in [1.29, 1.82) is 0 Å². The van der Waals surface area contributed by atoms with Crippen LogP contribution in [-0.2, 0) is 23.0 Å². The summed E-state index contributed by atoms with van der Waals surface area (Å²) in [6.07, 6.45) is 0.325. The lowest BCUT2D eigenvalue weighted by Gasteiger charge is -2.26. The minimum atomic E-state index is -3.59. The number of nitrogens with zero attached hydrogens (tertiary/aromatic N) is 3. The van der Waals surface area contributed by atoms with E-state index >= 15 is 0 Å². The molecule has 0 amide bonds. The van der Waals surface area contributed by atoms with Gasteiger partial charge in [-0.25, -0.2) is 17.9 Å². The predicted molar refractivity (Wildman–Crippen MR) is 113 cm³/mol. The summed E-state index contributed by atoms with van der Waals surface area (Å²) in [5.74, 6) is 0.743. The Morgan fingerprint density at radius 1 is 1.20 bits per heavy atom. The summed E-state index contributed by atoms with van der Waals surface area (Å²) >= 11 is 1.18. The number of fused-ring (bicyclic) bond motifs is 2. The standard InChI is InChI=1S/C20H18N4O4S2/c1-28-14-6-4-13(5-7-14)16-11-18-21-17-12-23(30(26,27)19-3-2-10-29-19)9-8-15(17)20(25)24(18)22-16/h2-7,10-11,22H,8-9,12H2,1H3. The molecule has 30 heavy (non-hydrogen) atoms. The van der Waals surface area contributed by atoms with Crippen LogP contribution in [0.4, 0.5) is 0 Å². The first kappa shape index (κ1) is 19.0. The third kappa shape index (κ3) is 3.04. The van der Waals surface area contributed by atoms with E-state index in [0.29, 0.717) is 27.5 Å². The van der Waals surface area contributed by atoms with Gasteiger partial charge in [0.25, 0.3) is 15.6 Å². The van der Waals surface area contributed by atoms with Gasteiger partial charge in [0.2, 0.25) is 0 Å². The lowest BCUT2D eigenvalue weighted by molar-refractivity contribution is 0.384. The van der Waals surface area contributed by atoms with Gasteiger partial charge >= 0.3 is 0 Å². The van der Waals surface area contributed by atoms with Crippen molar-refractivity contribution in [2.45, 2.75) is 17.2 Å². The number of benzene rings is 1. The van der Waals surface area contributed by atoms with Crippen LogP contribution in [0.3, 0.4) is 0 Å². The van der Waals surface area contributed by atoms with Gasteiger partial charge in [0, 0.05) is 18.2 Å². The molecule has 0 atom stereocenters. The fourth-order valence-electron chi connectivity index (χ4n) is 3.63. The van der Waals surface area contributed by atoms with Crippen molar-refractivity contribution in [2.75, 3.05) is 13.7 Å². The first-order chi connectivity index (χ1) is 14.5. The van der Waals surface area contributed by atoms with Gasteiger partial charge in [0.1, 0.15) is 9.96 Å². The number of nitrogens with one attached hydrogen (secondary N) is 1. The summed E-state index contributed by atoms with van der Waals surface area (Å²) in [5.41, 5.74) is 2.95. The molecule has 4 aromatic rings. The van der Waals surface area contributed by atoms with E-state index in [0.717, 1.165) is 17.0 Å². The minimum absolute atomic E-state index is 0.0877. The molecule has 0 aliphatic carbocycles. The lowest BCUT2D eigenvalue weighted by Crippen LogP contribution is -2.39. The van der Waals surface area contributed by atoms with Crippen LogP contribution in [-0.4, -0.2) is 41.0 Å². The minimum Gasteiger partial charge on any atom is -0.497 e. The van der Waals surface area contributed by atoms with Crippen molar-refractivity contribution < 1.29 is 13.2 Å². The lowest BCUT2D eigenvalue weighted by atomic mass is 10.1. The molecule has 3 aromatic heterocycles. The van der Waals surface area contributed by atoms with Crippen molar-refractivity contribution >= 4 is 27.0 Å². The molecule has 1 aliphatic heterocycles. The first-order valence-corrected chi connectivity index (χ1v) is 11.6. The molecule has 154 valence electrons. The maximum absolute atomic E-state index is 13.0. The van der Waals surface area contributed by atoms with E-state index in [1.54, 1.807) is 30.7 Å². The second kappa shape index (κ2) is 7.08. The number of ether oxygens (including phenoxy) is 1. The van der Waals surface area contributed by atoms with Gasteiger partial charge in [-0.2, -0.15) is 4.31 Å². The predicted octanol–water partition coefficient (Wildman–Crippen LogP) is 2.51. The molecular weight excluding hydrogens is 424 g/mol. The number of hydrogen-bond donors (Lipinski definition) is 1. The van der Waals surface area contributed by atoms with E-state index in [1.807, 2.05) is 24.3 Å². The summed E-state index contributed by atoms with van der Waals surface area (Å²) in [6, 6.07) is 12.6. The molecule has 8 nitrogen and oxygen atoms in total. The van der Waals surface area contributed by atoms with E-state index < -0.39 is 10.0 Å². The summed E-state index contributed by atoms with van der Waals surface area (Å²) in [4.78, 5) is 17.6. The molecule has 0 saturated heterocycles. The summed E-state index contributed by atoms with van der Waals surface area (Å²) in [7, 11) is -1.98. The SMILES string of the molecule is COc1ccc(-c2cc3nc4c(c(=O)n3[nH]2)CCN(S(=O)(=O)c2cccs2)C4)cc1. The van der Waals surface area contributed by atoms with Gasteiger partial charge in [-0.15, -0.1) is 11.3 Å². The van der Waals surface area contributed by atoms with E-state index in [9.17, 15) is 13.2 Å². The first-order valence-electron chi connectivity index (χ1n) is 9.29. The summed E-state index contributed by atoms with van der Waals surface area (Å²) < 4.78 is 34.0. The zero-order valence-corrected chi connectivity index (χ0v) is 17.7. The molecule has 1 aromatic carbocycles. The Morgan fingerprint density at radius 2 is 2.00 bits per heavy atom. The van der Waals surface area contributed by atoms with Crippen LogP contribution in [0.5, 0.6) is 5.75 Å². The number of sulfonamides is 1. The Labute approximate surface area is 176 Å². The van der Waals surface area contributed by atoms with E-state index in [4.69, 9.17) is 4.74 Å². The monoisotopic (exact) mass is 442 g/mol. The van der Waals surface area contributed by atoms with Gasteiger partial charge in [0.05, 0.1) is 25.0 Å². The van der Waals surface area contributed by atoms with Crippen LogP contribution >= 0.6 is 11.3 Å². The highest BCUT2D eigenvalue weighted by molar-refractivity contribution is 7.91. The Bertz CT molecular complexity index is 1390. The quantitative estimate of drug-likeness (QED) is 0.524. The maximum atomic E-state index is 13.0. The number of hydrogen-bond acceptors (Lipinski definition) is 6. The molecule has 4 heterocycles. The fourth-order valence-corrected chi connectivity index (χ4v) is 6.18. The van der Waals surface area contributed by atoms with Crippen LogP contribution in [0.15, 0.2) is 56.8 Å². The number of aromatic nitrogens is 3. The topological polar surface area (TPSA) is 96.8 Å². The van der Waals surface area contributed by atoms with Crippen LogP contribution in [0.25, 0.3) is 16.9 Å². The molecule has 0 saturated carbocycles. The van der Waals surface area contributed by atoms with E-state index in [1.165, 1.54) is 20.2 Å². The van der Waals surface area contributed by atoms with Gasteiger partial charge in [-0.1, -0.05) is 6.07 Å². The Balaban J connectivity index is 1.54. The van der Waals surface area contributed by atoms with Crippen molar-refractivity contribution in [3.63, 3.8) is 0 Å². The second-order valence-corrected chi connectivity index (χ2v) is 10.1. The number of rotatable bonds is 4. The molecule has 0 bridgehead atoms. The van der Waals surface area contributed by atoms with Crippen LogP contribution in [0.2, 0.25) is 0 Å². The highest BCUT2D eigenvalue weighted by Crippen LogP contribution is 2.27. The zero-order chi connectivity index (χ0) is 20.9. The maximum Gasteiger partial charge on any atom is 0.276 e. The average molecular weight is 443 g/mol. The summed E-state index contributed by atoms with van der Waals surface area (Å²) in [6.45, 7) is 0.340. The number of H-pyrrole nitrogens is 1. The summed E-state index contributed by atoms with van der Waals surface area (Å²) in [5, 5.41) is 4.84. The molecular formula is C20H18N4O4S2. The highest BCUT2D eigenvalue weighted by atomic mass is 32.2. The molecule has 10 heteroatoms. The Morgan fingerprint density at radius 3 is 2.70 bits per heavy atom. The molecule has 1 N–H and O–H groups in total. The van der Waals surface area contributed by atoms with Crippen molar-refractivity contribution in [3.8, 4) is 17.0 Å². The fraction of sp³-hybridized carbons (Fsp3) is 0.200. The third-order valence-electron chi connectivity index (χ3n) is 5.22. The van der Waals surface area contributed by atoms with E-state index in [2.05, 4.69) is 10.1 Å². The molecule has 0 spiro atoms. The molecule has 0 fully saturated rings. The molecule has 5 rings (SSSR count). The van der Waals surface area contributed by atoms with Crippen LogP contribution < -0.4 is 10.3 Å². The number of methoxy groups -OCH3 is 1. The van der Waals surface area contributed by atoms with E-state index in [-0.39, 0.29) is 18.6 Å². The highest BCUT2D eigenvalue weighted by Gasteiger charge is 2.31. The number of thiophene rings is 1. The van der Waals surface area contributed by atoms with Crippen molar-refractivity contribution in [3.05, 3.63) is 69.5 Å². The third-order valence-corrected chi connectivity index (χ3v) is 8.44. The van der Waals surface area contributed by atoms with Crippen molar-refractivity contribution in [1.82, 2.24) is 18.9 Å². The average Bonchev–Trinajstić information content (AvgIpc) is 3.44. The van der Waals surface area contributed by atoms with Gasteiger partial charge in [0.15, 0.2) is 5.65 Å². The number of aromatic amines is 1. The Hall–Kier alpha value is -2.95. The molecule has 0 radical (unpaired) electrons. The normalized spacial score (nSPS) is 14.7. The van der Waals surface area contributed by atoms with Crippen LogP contribution in [0, 0.1) is 0 Å². The van der Waals surface area contributed by atoms with Gasteiger partial charge in [-0.05, 0) is 47.7 Å². The van der Waals surface area contributed by atoms with Gasteiger partial charge < -0.3 is 4.74 Å². The molecule has 0 unspecified atom stereocenters. The van der Waals surface area contributed by atoms with Gasteiger partial charge in [-0.3, -0.25) is 9.89 Å². The second-order valence-electron chi connectivity index (χ2n) is 6.95. The van der Waals surface area contributed by atoms with Crippen molar-refractivity contribution in [2.24, 2.45) is 0 Å². The van der Waals surface area contributed by atoms with Crippen LogP contribution in [0.1, 0.15) is 11.3 Å². The molecule has 1 aliphatic rings. The smallest absolute Gasteiger partial charge is 0.276 e. The zero-order valence-electron chi connectivity index (χ0n) is 16.0. The Kier molecular flexibility index (Phi) is 4.49.